The average Bonchev–Trinajstić information content (AvgIpc) is 2.96. The first kappa shape index (κ1) is 17.7. The van der Waals surface area contributed by atoms with Gasteiger partial charge in [0.1, 0.15) is 5.76 Å². The molecule has 0 aliphatic rings. The first-order valence-corrected chi connectivity index (χ1v) is 9.04. The molecule has 2 rings (SSSR count). The number of hydrogen-bond acceptors (Lipinski definition) is 4. The van der Waals surface area contributed by atoms with Gasteiger partial charge in [0.15, 0.2) is 0 Å². The van der Waals surface area contributed by atoms with Crippen LogP contribution in [0.3, 0.4) is 0 Å². The summed E-state index contributed by atoms with van der Waals surface area (Å²) in [6.45, 7) is 5.58. The summed E-state index contributed by atoms with van der Waals surface area (Å²) in [5, 5.41) is -0.0130. The number of benzene rings is 1. The quantitative estimate of drug-likeness (QED) is 0.780. The fraction of sp³-hybridized carbons (Fsp3) is 0.412. The molecule has 0 bridgehead atoms. The maximum atomic E-state index is 12.1. The van der Waals surface area contributed by atoms with Gasteiger partial charge in [-0.05, 0) is 31.5 Å². The van der Waals surface area contributed by atoms with Crippen LogP contribution in [-0.4, -0.2) is 37.8 Å². The van der Waals surface area contributed by atoms with Gasteiger partial charge in [0.05, 0.1) is 6.54 Å². The van der Waals surface area contributed by atoms with Crippen molar-refractivity contribution in [2.45, 2.75) is 38.1 Å². The molecule has 126 valence electrons. The molecule has 1 aromatic carbocycles. The predicted molar refractivity (Wildman–Crippen MR) is 90.4 cm³/mol. The van der Waals surface area contributed by atoms with Crippen LogP contribution < -0.4 is 0 Å². The van der Waals surface area contributed by atoms with Gasteiger partial charge in [0, 0.05) is 26.7 Å². The lowest BCUT2D eigenvalue weighted by Gasteiger charge is -2.25. The lowest BCUT2D eigenvalue weighted by molar-refractivity contribution is 0.183. The van der Waals surface area contributed by atoms with E-state index in [2.05, 4.69) is 30.9 Å². The summed E-state index contributed by atoms with van der Waals surface area (Å²) in [5.41, 5.74) is 1.22. The van der Waals surface area contributed by atoms with E-state index < -0.39 is 10.0 Å². The van der Waals surface area contributed by atoms with E-state index in [0.717, 1.165) is 10.8 Å². The highest BCUT2D eigenvalue weighted by molar-refractivity contribution is 7.88. The van der Waals surface area contributed by atoms with Gasteiger partial charge >= 0.3 is 0 Å². The Morgan fingerprint density at radius 1 is 1.00 bits per heavy atom. The lowest BCUT2D eigenvalue weighted by atomic mass is 10.2. The highest BCUT2D eigenvalue weighted by Crippen LogP contribution is 2.20. The largest absolute Gasteiger partial charge is 0.447 e. The Labute approximate surface area is 138 Å². The van der Waals surface area contributed by atoms with Gasteiger partial charge in [-0.1, -0.05) is 30.3 Å². The molecule has 6 heteroatoms. The van der Waals surface area contributed by atoms with E-state index in [1.165, 1.54) is 25.7 Å². The van der Waals surface area contributed by atoms with Crippen LogP contribution in [-0.2, 0) is 23.1 Å². The first-order chi connectivity index (χ1) is 10.8. The minimum absolute atomic E-state index is 0.0130. The molecular weight excluding hydrogens is 312 g/mol. The first-order valence-electron chi connectivity index (χ1n) is 7.60. The number of furan rings is 1. The van der Waals surface area contributed by atoms with Crippen molar-refractivity contribution in [2.24, 2.45) is 0 Å². The second-order valence-electron chi connectivity index (χ2n) is 5.99. The third-order valence-corrected chi connectivity index (χ3v) is 5.38. The van der Waals surface area contributed by atoms with Crippen molar-refractivity contribution in [3.63, 3.8) is 0 Å². The van der Waals surface area contributed by atoms with Gasteiger partial charge in [-0.25, -0.2) is 12.7 Å². The number of nitrogens with zero attached hydrogens (tertiary/aromatic N) is 2. The Morgan fingerprint density at radius 2 is 1.65 bits per heavy atom. The molecule has 0 atom stereocenters. The molecule has 1 heterocycles. The number of hydrogen-bond donors (Lipinski definition) is 0. The van der Waals surface area contributed by atoms with Crippen molar-refractivity contribution in [3.05, 3.63) is 53.8 Å². The van der Waals surface area contributed by atoms with Crippen LogP contribution >= 0.6 is 0 Å². The maximum Gasteiger partial charge on any atom is 0.275 e. The third-order valence-electron chi connectivity index (χ3n) is 3.69. The van der Waals surface area contributed by atoms with Crippen LogP contribution in [0.4, 0.5) is 0 Å². The molecule has 0 unspecified atom stereocenters. The maximum absolute atomic E-state index is 12.1. The van der Waals surface area contributed by atoms with Gasteiger partial charge in [-0.15, -0.1) is 0 Å². The molecule has 5 nitrogen and oxygen atoms in total. The molecule has 0 amide bonds. The summed E-state index contributed by atoms with van der Waals surface area (Å²) >= 11 is 0. The molecule has 0 saturated heterocycles. The summed E-state index contributed by atoms with van der Waals surface area (Å²) in [7, 11) is -0.536. The molecule has 0 fully saturated rings. The summed E-state index contributed by atoms with van der Waals surface area (Å²) in [6, 6.07) is 13.8. The second kappa shape index (κ2) is 7.29. The summed E-state index contributed by atoms with van der Waals surface area (Å²) in [6.07, 6.45) is 0. The highest BCUT2D eigenvalue weighted by Gasteiger charge is 2.22. The standard InChI is InChI=1S/C17H24N2O3S/c1-14(2)19(12-15-8-6-5-7-9-15)13-16-10-11-17(22-16)23(20,21)18(3)4/h5-11,14H,12-13H2,1-4H3. The molecule has 0 radical (unpaired) electrons. The average molecular weight is 336 g/mol. The molecule has 2 aromatic rings. The summed E-state index contributed by atoms with van der Waals surface area (Å²) in [4.78, 5) is 2.24. The van der Waals surface area contributed by atoms with Gasteiger partial charge < -0.3 is 4.42 Å². The van der Waals surface area contributed by atoms with Crippen molar-refractivity contribution in [1.29, 1.82) is 0 Å². The van der Waals surface area contributed by atoms with Crippen molar-refractivity contribution < 1.29 is 12.8 Å². The molecule has 0 aliphatic carbocycles. The Hall–Kier alpha value is -1.63. The summed E-state index contributed by atoms with van der Waals surface area (Å²) in [5.74, 6) is 0.648. The summed E-state index contributed by atoms with van der Waals surface area (Å²) < 4.78 is 30.9. The fourth-order valence-corrected chi connectivity index (χ4v) is 3.01. The Balaban J connectivity index is 2.14. The molecule has 23 heavy (non-hydrogen) atoms. The van der Waals surface area contributed by atoms with Crippen LogP contribution in [0.5, 0.6) is 0 Å². The second-order valence-corrected chi connectivity index (χ2v) is 8.08. The van der Waals surface area contributed by atoms with Crippen LogP contribution in [0.25, 0.3) is 0 Å². The van der Waals surface area contributed by atoms with Crippen molar-refractivity contribution in [2.75, 3.05) is 14.1 Å². The number of sulfonamides is 1. The Bertz CT molecular complexity index is 721. The molecular formula is C17H24N2O3S. The fourth-order valence-electron chi connectivity index (χ4n) is 2.20. The third kappa shape index (κ3) is 4.43. The van der Waals surface area contributed by atoms with E-state index in [4.69, 9.17) is 4.42 Å². The Morgan fingerprint density at radius 3 is 2.22 bits per heavy atom. The normalized spacial score (nSPS) is 12.5. The van der Waals surface area contributed by atoms with Crippen LogP contribution in [0.2, 0.25) is 0 Å². The zero-order valence-corrected chi connectivity index (χ0v) is 14.9. The van der Waals surface area contributed by atoms with E-state index in [0.29, 0.717) is 18.3 Å². The van der Waals surface area contributed by atoms with Crippen molar-refractivity contribution >= 4 is 10.0 Å². The van der Waals surface area contributed by atoms with Gasteiger partial charge in [0.2, 0.25) is 5.09 Å². The minimum Gasteiger partial charge on any atom is -0.447 e. The molecule has 0 N–H and O–H groups in total. The molecule has 1 aromatic heterocycles. The van der Waals surface area contributed by atoms with E-state index in [1.807, 2.05) is 18.2 Å². The van der Waals surface area contributed by atoms with Gasteiger partial charge in [0.25, 0.3) is 10.0 Å². The molecule has 0 aliphatic heterocycles. The van der Waals surface area contributed by atoms with E-state index in [-0.39, 0.29) is 5.09 Å². The molecule has 0 spiro atoms. The van der Waals surface area contributed by atoms with Crippen LogP contribution in [0.1, 0.15) is 25.2 Å². The van der Waals surface area contributed by atoms with Crippen LogP contribution in [0, 0.1) is 0 Å². The zero-order valence-electron chi connectivity index (χ0n) is 14.1. The lowest BCUT2D eigenvalue weighted by Crippen LogP contribution is -2.29. The SMILES string of the molecule is CC(C)N(Cc1ccccc1)Cc1ccc(S(=O)(=O)N(C)C)o1. The smallest absolute Gasteiger partial charge is 0.275 e. The van der Waals surface area contributed by atoms with Gasteiger partial charge in [-0.2, -0.15) is 0 Å². The predicted octanol–water partition coefficient (Wildman–Crippen LogP) is 2.94. The minimum atomic E-state index is -3.52. The van der Waals surface area contributed by atoms with Gasteiger partial charge in [-0.3, -0.25) is 4.90 Å². The highest BCUT2D eigenvalue weighted by atomic mass is 32.2. The number of rotatable bonds is 7. The van der Waals surface area contributed by atoms with Crippen LogP contribution in [0.15, 0.2) is 52.0 Å². The van der Waals surface area contributed by atoms with Crippen molar-refractivity contribution in [3.8, 4) is 0 Å². The van der Waals surface area contributed by atoms with E-state index in [1.54, 1.807) is 6.07 Å². The van der Waals surface area contributed by atoms with Crippen molar-refractivity contribution in [1.82, 2.24) is 9.21 Å². The van der Waals surface area contributed by atoms with E-state index in [9.17, 15) is 8.42 Å². The topological polar surface area (TPSA) is 53.8 Å². The zero-order chi connectivity index (χ0) is 17.0. The van der Waals surface area contributed by atoms with E-state index >= 15 is 0 Å². The monoisotopic (exact) mass is 336 g/mol. The Kier molecular flexibility index (Phi) is 5.62. The molecule has 0 saturated carbocycles.